The average Bonchev–Trinajstić information content (AvgIpc) is 2.37. The molecule has 1 N–H and O–H groups in total. The fraction of sp³-hybridized carbons (Fsp3) is 0.562. The molecule has 116 valence electrons. The van der Waals surface area contributed by atoms with Crippen LogP contribution >= 0.6 is 0 Å². The maximum absolute atomic E-state index is 12.0. The zero-order valence-corrected chi connectivity index (χ0v) is 13.3. The topological polar surface area (TPSA) is 68.3 Å². The Bertz CT molecular complexity index is 466. The van der Waals surface area contributed by atoms with E-state index < -0.39 is 17.7 Å². The number of amides is 1. The summed E-state index contributed by atoms with van der Waals surface area (Å²) in [6.07, 6.45) is 1.95. The van der Waals surface area contributed by atoms with Gasteiger partial charge in [0.2, 0.25) is 0 Å². The molecular weight excluding hydrogens is 268 g/mol. The summed E-state index contributed by atoms with van der Waals surface area (Å²) in [7, 11) is 0. The van der Waals surface area contributed by atoms with Crippen LogP contribution in [0.25, 0.3) is 0 Å². The van der Waals surface area contributed by atoms with Crippen LogP contribution in [0.3, 0.4) is 0 Å². The van der Waals surface area contributed by atoms with Crippen LogP contribution in [0.1, 0.15) is 46.4 Å². The predicted octanol–water partition coefficient (Wildman–Crippen LogP) is 3.12. The van der Waals surface area contributed by atoms with Crippen LogP contribution in [0.15, 0.2) is 24.4 Å². The third-order valence-electron chi connectivity index (χ3n) is 2.99. The largest absolute Gasteiger partial charge is 0.444 e. The maximum Gasteiger partial charge on any atom is 0.408 e. The highest BCUT2D eigenvalue weighted by molar-refractivity contribution is 5.69. The minimum Gasteiger partial charge on any atom is -0.444 e. The third kappa shape index (κ3) is 5.53. The van der Waals surface area contributed by atoms with E-state index in [9.17, 15) is 9.59 Å². The van der Waals surface area contributed by atoms with Crippen LogP contribution in [0, 0.1) is 11.8 Å². The molecule has 1 heterocycles. The fourth-order valence-electron chi connectivity index (χ4n) is 1.98. The van der Waals surface area contributed by atoms with E-state index in [1.165, 1.54) is 0 Å². The number of carbonyl (C=O) groups excluding carboxylic acids is 2. The summed E-state index contributed by atoms with van der Waals surface area (Å²) in [5, 5.41) is 2.77. The van der Waals surface area contributed by atoms with E-state index in [1.807, 2.05) is 19.9 Å². The van der Waals surface area contributed by atoms with Crippen molar-refractivity contribution in [3.8, 4) is 0 Å². The molecule has 0 spiro atoms. The van der Waals surface area contributed by atoms with E-state index in [-0.39, 0.29) is 11.8 Å². The molecule has 0 aliphatic heterocycles. The van der Waals surface area contributed by atoms with Gasteiger partial charge >= 0.3 is 6.09 Å². The summed E-state index contributed by atoms with van der Waals surface area (Å²) < 4.78 is 5.27. The van der Waals surface area contributed by atoms with Crippen LogP contribution in [-0.2, 0) is 9.53 Å². The average molecular weight is 292 g/mol. The smallest absolute Gasteiger partial charge is 0.408 e. The number of alkyl carbamates (subject to hydrolysis) is 1. The molecule has 1 amide bonds. The zero-order chi connectivity index (χ0) is 16.0. The number of pyridine rings is 1. The van der Waals surface area contributed by atoms with Crippen LogP contribution in [0.4, 0.5) is 4.79 Å². The van der Waals surface area contributed by atoms with Crippen molar-refractivity contribution in [2.45, 2.75) is 46.3 Å². The first-order valence-corrected chi connectivity index (χ1v) is 7.10. The lowest BCUT2D eigenvalue weighted by atomic mass is 9.87. The number of nitrogens with zero attached hydrogens (tertiary/aromatic N) is 1. The molecule has 0 aliphatic rings. The van der Waals surface area contributed by atoms with Crippen molar-refractivity contribution < 1.29 is 14.3 Å². The van der Waals surface area contributed by atoms with E-state index in [0.717, 1.165) is 6.29 Å². The number of nitrogens with one attached hydrogen (secondary N) is 1. The second-order valence-corrected chi connectivity index (χ2v) is 6.34. The van der Waals surface area contributed by atoms with E-state index in [0.29, 0.717) is 5.69 Å². The standard InChI is InChI=1S/C16H24N2O3/c1-11(2)12(10-19)14(13-8-6-7-9-17-13)18-15(20)21-16(3,4)5/h6-12,14H,1-5H3,(H,18,20)/t12-,14+/m1/s1. The van der Waals surface area contributed by atoms with E-state index in [2.05, 4.69) is 10.3 Å². The first-order chi connectivity index (χ1) is 9.74. The van der Waals surface area contributed by atoms with E-state index in [1.54, 1.807) is 39.1 Å². The van der Waals surface area contributed by atoms with Gasteiger partial charge in [-0.05, 0) is 38.8 Å². The van der Waals surface area contributed by atoms with Crippen LogP contribution < -0.4 is 5.32 Å². The monoisotopic (exact) mass is 292 g/mol. The van der Waals surface area contributed by atoms with Crippen molar-refractivity contribution in [2.75, 3.05) is 0 Å². The number of rotatable bonds is 5. The molecule has 0 radical (unpaired) electrons. The maximum atomic E-state index is 12.0. The summed E-state index contributed by atoms with van der Waals surface area (Å²) in [4.78, 5) is 27.7. The van der Waals surface area contributed by atoms with Gasteiger partial charge in [-0.2, -0.15) is 0 Å². The molecule has 0 aliphatic carbocycles. The van der Waals surface area contributed by atoms with Gasteiger partial charge < -0.3 is 14.8 Å². The fourth-order valence-corrected chi connectivity index (χ4v) is 1.98. The minimum atomic E-state index is -0.590. The number of hydrogen-bond donors (Lipinski definition) is 1. The minimum absolute atomic E-state index is 0.0736. The van der Waals surface area contributed by atoms with Gasteiger partial charge in [0.05, 0.1) is 11.7 Å². The van der Waals surface area contributed by atoms with Crippen molar-refractivity contribution in [3.05, 3.63) is 30.1 Å². The molecule has 0 aromatic carbocycles. The highest BCUT2D eigenvalue weighted by atomic mass is 16.6. The molecule has 1 rings (SSSR count). The Labute approximate surface area is 126 Å². The predicted molar refractivity (Wildman–Crippen MR) is 80.7 cm³/mol. The van der Waals surface area contributed by atoms with Gasteiger partial charge in [-0.25, -0.2) is 4.79 Å². The summed E-state index contributed by atoms with van der Waals surface area (Å²) >= 11 is 0. The highest BCUT2D eigenvalue weighted by Crippen LogP contribution is 2.25. The van der Waals surface area contributed by atoms with Crippen LogP contribution in [0.5, 0.6) is 0 Å². The lowest BCUT2D eigenvalue weighted by molar-refractivity contribution is -0.113. The molecule has 0 bridgehead atoms. The Morgan fingerprint density at radius 3 is 2.43 bits per heavy atom. The molecule has 2 atom stereocenters. The zero-order valence-electron chi connectivity index (χ0n) is 13.3. The quantitative estimate of drug-likeness (QED) is 0.847. The van der Waals surface area contributed by atoms with Gasteiger partial charge in [0, 0.05) is 12.1 Å². The number of aldehydes is 1. The first-order valence-electron chi connectivity index (χ1n) is 7.10. The van der Waals surface area contributed by atoms with E-state index >= 15 is 0 Å². The number of ether oxygens (including phenoxy) is 1. The Morgan fingerprint density at radius 2 is 2.00 bits per heavy atom. The molecule has 0 saturated heterocycles. The van der Waals surface area contributed by atoms with Crippen LogP contribution in [-0.4, -0.2) is 23.0 Å². The van der Waals surface area contributed by atoms with Crippen molar-refractivity contribution >= 4 is 12.4 Å². The van der Waals surface area contributed by atoms with Gasteiger partial charge in [-0.3, -0.25) is 4.98 Å². The molecular formula is C16H24N2O3. The first kappa shape index (κ1) is 17.1. The van der Waals surface area contributed by atoms with Crippen molar-refractivity contribution in [1.82, 2.24) is 10.3 Å². The molecule has 21 heavy (non-hydrogen) atoms. The summed E-state index contributed by atoms with van der Waals surface area (Å²) in [6, 6.07) is 4.91. The lowest BCUT2D eigenvalue weighted by Crippen LogP contribution is -2.40. The highest BCUT2D eigenvalue weighted by Gasteiger charge is 2.29. The number of carbonyl (C=O) groups is 2. The second kappa shape index (κ2) is 7.20. The van der Waals surface area contributed by atoms with E-state index in [4.69, 9.17) is 4.74 Å². The molecule has 1 aromatic rings. The third-order valence-corrected chi connectivity index (χ3v) is 2.99. The van der Waals surface area contributed by atoms with Crippen molar-refractivity contribution in [2.24, 2.45) is 11.8 Å². The molecule has 0 unspecified atom stereocenters. The summed E-state index contributed by atoms with van der Waals surface area (Å²) in [5.74, 6) is -0.295. The Balaban J connectivity index is 2.98. The SMILES string of the molecule is CC(C)[C@@H](C=O)[C@H](NC(=O)OC(C)(C)C)c1ccccn1. The Hall–Kier alpha value is -1.91. The van der Waals surface area contributed by atoms with Crippen LogP contribution in [0.2, 0.25) is 0 Å². The molecule has 0 fully saturated rings. The molecule has 5 nitrogen and oxygen atoms in total. The summed E-state index contributed by atoms with van der Waals surface area (Å²) in [6.45, 7) is 9.25. The number of aromatic nitrogens is 1. The lowest BCUT2D eigenvalue weighted by Gasteiger charge is -2.28. The van der Waals surface area contributed by atoms with Gasteiger partial charge in [0.25, 0.3) is 0 Å². The van der Waals surface area contributed by atoms with Gasteiger partial charge in [-0.1, -0.05) is 19.9 Å². The van der Waals surface area contributed by atoms with Gasteiger partial charge in [0.1, 0.15) is 11.9 Å². The second-order valence-electron chi connectivity index (χ2n) is 6.34. The molecule has 5 heteroatoms. The Morgan fingerprint density at radius 1 is 1.33 bits per heavy atom. The van der Waals surface area contributed by atoms with Crippen molar-refractivity contribution in [3.63, 3.8) is 0 Å². The Kier molecular flexibility index (Phi) is 5.88. The summed E-state index contributed by atoms with van der Waals surface area (Å²) in [5.41, 5.74) is 0.0573. The van der Waals surface area contributed by atoms with Crippen molar-refractivity contribution in [1.29, 1.82) is 0 Å². The number of hydrogen-bond acceptors (Lipinski definition) is 4. The van der Waals surface area contributed by atoms with Gasteiger partial charge in [0.15, 0.2) is 0 Å². The van der Waals surface area contributed by atoms with Gasteiger partial charge in [-0.15, -0.1) is 0 Å². The molecule has 0 saturated carbocycles. The normalized spacial score (nSPS) is 14.4. The molecule has 1 aromatic heterocycles.